The second-order valence-corrected chi connectivity index (χ2v) is 6.19. The van der Waals surface area contributed by atoms with Gasteiger partial charge in [-0.15, -0.1) is 0 Å². The van der Waals surface area contributed by atoms with Crippen LogP contribution in [0.15, 0.2) is 17.2 Å². The van der Waals surface area contributed by atoms with Crippen LogP contribution in [-0.4, -0.2) is 44.5 Å². The zero-order chi connectivity index (χ0) is 16.9. The van der Waals surface area contributed by atoms with Crippen molar-refractivity contribution in [3.8, 4) is 5.75 Å². The summed E-state index contributed by atoms with van der Waals surface area (Å²) in [5.74, 6) is -1.90. The van der Waals surface area contributed by atoms with Gasteiger partial charge in [0.2, 0.25) is 0 Å². The lowest BCUT2D eigenvalue weighted by Gasteiger charge is -2.13. The minimum Gasteiger partial charge on any atom is -0.461 e. The fraction of sp³-hybridized carbons (Fsp3) is 0.500. The van der Waals surface area contributed by atoms with Crippen LogP contribution in [0.25, 0.3) is 0 Å². The van der Waals surface area contributed by atoms with E-state index >= 15 is 0 Å². The molecule has 1 heterocycles. The zero-order valence-electron chi connectivity index (χ0n) is 11.8. The maximum atomic E-state index is 12.9. The number of aromatic nitrogens is 1. The molecule has 0 aliphatic heterocycles. The molecular formula is C12H14F3NO5S. The summed E-state index contributed by atoms with van der Waals surface area (Å²) in [6.07, 6.45) is -5.57. The molecule has 0 aromatic carbocycles. The van der Waals surface area contributed by atoms with Gasteiger partial charge < -0.3 is 9.47 Å². The molecule has 1 aromatic rings. The molecule has 0 bridgehead atoms. The quantitative estimate of drug-likeness (QED) is 0.706. The number of sulfone groups is 1. The molecule has 0 saturated heterocycles. The maximum Gasteiger partial charge on any atom is 0.358 e. The lowest BCUT2D eigenvalue weighted by atomic mass is 10.3. The number of esters is 1. The molecule has 10 heteroatoms. The molecule has 0 spiro atoms. The van der Waals surface area contributed by atoms with Gasteiger partial charge in [-0.2, -0.15) is 4.39 Å². The first-order valence-corrected chi connectivity index (χ1v) is 7.87. The monoisotopic (exact) mass is 341 g/mol. The van der Waals surface area contributed by atoms with Crippen LogP contribution in [0.1, 0.15) is 24.3 Å². The van der Waals surface area contributed by atoms with Crippen molar-refractivity contribution in [2.24, 2.45) is 0 Å². The SMILES string of the molecule is CCOC(=O)c1ncc(OC(F)C(F)F)cc1S(=O)(=O)CC. The van der Waals surface area contributed by atoms with Crippen LogP contribution in [0, 0.1) is 0 Å². The zero-order valence-corrected chi connectivity index (χ0v) is 12.6. The third kappa shape index (κ3) is 4.33. The Morgan fingerprint density at radius 3 is 2.45 bits per heavy atom. The van der Waals surface area contributed by atoms with Gasteiger partial charge in [0, 0.05) is 6.07 Å². The van der Waals surface area contributed by atoms with Gasteiger partial charge in [0.15, 0.2) is 15.5 Å². The second kappa shape index (κ2) is 7.43. The van der Waals surface area contributed by atoms with E-state index in [0.29, 0.717) is 0 Å². The molecule has 1 aromatic heterocycles. The first-order chi connectivity index (χ1) is 10.2. The lowest BCUT2D eigenvalue weighted by Crippen LogP contribution is -2.21. The van der Waals surface area contributed by atoms with Crippen LogP contribution in [0.5, 0.6) is 5.75 Å². The number of alkyl halides is 3. The van der Waals surface area contributed by atoms with Crippen LogP contribution >= 0.6 is 0 Å². The summed E-state index contributed by atoms with van der Waals surface area (Å²) in [4.78, 5) is 14.7. The number of carbonyl (C=O) groups is 1. The van der Waals surface area contributed by atoms with E-state index in [4.69, 9.17) is 0 Å². The predicted molar refractivity (Wildman–Crippen MR) is 69.4 cm³/mol. The average molecular weight is 341 g/mol. The molecule has 22 heavy (non-hydrogen) atoms. The summed E-state index contributed by atoms with van der Waals surface area (Å²) in [5, 5.41) is 0. The van der Waals surface area contributed by atoms with Crippen molar-refractivity contribution in [2.45, 2.75) is 31.5 Å². The largest absolute Gasteiger partial charge is 0.461 e. The molecule has 0 aliphatic rings. The lowest BCUT2D eigenvalue weighted by molar-refractivity contribution is -0.0671. The Labute approximate surface area is 125 Å². The van der Waals surface area contributed by atoms with E-state index in [1.165, 1.54) is 13.8 Å². The third-order valence-electron chi connectivity index (χ3n) is 2.46. The van der Waals surface area contributed by atoms with E-state index in [9.17, 15) is 26.4 Å². The molecule has 124 valence electrons. The number of carbonyl (C=O) groups excluding carboxylic acids is 1. The molecule has 6 nitrogen and oxygen atoms in total. The van der Waals surface area contributed by atoms with Gasteiger partial charge >= 0.3 is 12.4 Å². The number of nitrogens with zero attached hydrogens (tertiary/aromatic N) is 1. The van der Waals surface area contributed by atoms with Crippen molar-refractivity contribution < 1.29 is 35.9 Å². The van der Waals surface area contributed by atoms with Gasteiger partial charge in [-0.25, -0.2) is 27.0 Å². The van der Waals surface area contributed by atoms with Crippen molar-refractivity contribution in [1.29, 1.82) is 0 Å². The van der Waals surface area contributed by atoms with E-state index in [-0.39, 0.29) is 12.4 Å². The number of hydrogen-bond donors (Lipinski definition) is 0. The van der Waals surface area contributed by atoms with Gasteiger partial charge in [-0.1, -0.05) is 6.92 Å². The van der Waals surface area contributed by atoms with Crippen LogP contribution in [0.2, 0.25) is 0 Å². The summed E-state index contributed by atoms with van der Waals surface area (Å²) in [6, 6.07) is 0.771. The number of rotatable bonds is 7. The fourth-order valence-corrected chi connectivity index (χ4v) is 2.46. The van der Waals surface area contributed by atoms with Crippen LogP contribution in [0.3, 0.4) is 0 Å². The number of ether oxygens (including phenoxy) is 2. The number of hydrogen-bond acceptors (Lipinski definition) is 6. The summed E-state index contributed by atoms with van der Waals surface area (Å²) in [6.45, 7) is 2.82. The highest BCUT2D eigenvalue weighted by Crippen LogP contribution is 2.24. The van der Waals surface area contributed by atoms with E-state index in [2.05, 4.69) is 14.5 Å². The van der Waals surface area contributed by atoms with Crippen molar-refractivity contribution in [2.75, 3.05) is 12.4 Å². The fourth-order valence-electron chi connectivity index (χ4n) is 1.42. The normalized spacial score (nSPS) is 13.0. The van der Waals surface area contributed by atoms with Crippen molar-refractivity contribution in [3.05, 3.63) is 18.0 Å². The molecule has 1 rings (SSSR count). The predicted octanol–water partition coefficient (Wildman–Crippen LogP) is 1.99. The molecule has 0 saturated carbocycles. The van der Waals surface area contributed by atoms with E-state index < -0.39 is 44.9 Å². The minimum absolute atomic E-state index is 0.0116. The molecule has 0 amide bonds. The Morgan fingerprint density at radius 2 is 1.95 bits per heavy atom. The minimum atomic E-state index is -3.92. The summed E-state index contributed by atoms with van der Waals surface area (Å²) in [5.41, 5.74) is -0.511. The molecule has 0 aliphatic carbocycles. The first kappa shape index (κ1) is 18.2. The smallest absolute Gasteiger partial charge is 0.358 e. The van der Waals surface area contributed by atoms with Gasteiger partial charge in [0.1, 0.15) is 10.6 Å². The van der Waals surface area contributed by atoms with Crippen LogP contribution in [0.4, 0.5) is 13.2 Å². The van der Waals surface area contributed by atoms with E-state index in [0.717, 1.165) is 12.3 Å². The highest BCUT2D eigenvalue weighted by molar-refractivity contribution is 7.91. The maximum absolute atomic E-state index is 12.9. The highest BCUT2D eigenvalue weighted by atomic mass is 32.2. The summed E-state index contributed by atoms with van der Waals surface area (Å²) in [7, 11) is -3.92. The van der Waals surface area contributed by atoms with Gasteiger partial charge in [-0.3, -0.25) is 0 Å². The van der Waals surface area contributed by atoms with Crippen molar-refractivity contribution in [3.63, 3.8) is 0 Å². The van der Waals surface area contributed by atoms with Gasteiger partial charge in [-0.05, 0) is 6.92 Å². The van der Waals surface area contributed by atoms with Gasteiger partial charge in [0.05, 0.1) is 18.6 Å². The Bertz CT molecular complexity index is 636. The van der Waals surface area contributed by atoms with Crippen molar-refractivity contribution >= 4 is 15.8 Å². The first-order valence-electron chi connectivity index (χ1n) is 6.21. The molecule has 0 fully saturated rings. The topological polar surface area (TPSA) is 82.6 Å². The molecule has 0 N–H and O–H groups in total. The number of halogens is 3. The molecule has 1 unspecified atom stereocenters. The standard InChI is InChI=1S/C12H14F3NO5S/c1-3-20-12(17)9-8(22(18,19)4-2)5-7(6-16-9)21-11(15)10(13)14/h5-6,10-11H,3-4H2,1-2H3. The van der Waals surface area contributed by atoms with Crippen LogP contribution in [-0.2, 0) is 14.6 Å². The van der Waals surface area contributed by atoms with E-state index in [1.54, 1.807) is 0 Å². The Balaban J connectivity index is 3.29. The summed E-state index contributed by atoms with van der Waals surface area (Å²) >= 11 is 0. The Hall–Kier alpha value is -1.84. The Morgan fingerprint density at radius 1 is 1.32 bits per heavy atom. The third-order valence-corrected chi connectivity index (χ3v) is 4.20. The summed E-state index contributed by atoms with van der Waals surface area (Å²) < 4.78 is 69.9. The average Bonchev–Trinajstić information content (AvgIpc) is 2.47. The molecular weight excluding hydrogens is 327 g/mol. The Kier molecular flexibility index (Phi) is 6.15. The van der Waals surface area contributed by atoms with Gasteiger partial charge in [0.25, 0.3) is 6.36 Å². The molecule has 0 radical (unpaired) electrons. The van der Waals surface area contributed by atoms with Crippen molar-refractivity contribution in [1.82, 2.24) is 4.98 Å². The highest BCUT2D eigenvalue weighted by Gasteiger charge is 2.27. The second-order valence-electron chi connectivity index (χ2n) is 3.95. The number of pyridine rings is 1. The van der Waals surface area contributed by atoms with E-state index in [1.807, 2.05) is 0 Å². The van der Waals surface area contributed by atoms with Crippen LogP contribution < -0.4 is 4.74 Å². The molecule has 1 atom stereocenters.